The summed E-state index contributed by atoms with van der Waals surface area (Å²) >= 11 is 0. The average molecular weight is 795 g/mol. The van der Waals surface area contributed by atoms with Gasteiger partial charge in [0.1, 0.15) is 0 Å². The Morgan fingerprint density at radius 1 is 0.258 bits per heavy atom. The fourth-order valence-corrected chi connectivity index (χ4v) is 11.6. The molecule has 9 aromatic rings. The standard InChI is InChI=1S/C26H18.C20H16.C16H16/c1-17-14-15-21-20-10-4-7-13-24(20)26(25(21)16-17)22-11-5-2-8-18(22)19-9-3-6-12-23(19)26;1-20(15-9-3-2-4-10-15)18-13-7-5-11-16(18)17-12-6-8-14-19(17)20;1-11-8-9-13-12-6-4-5-7-14(12)16(2,3)15(13)10-11/h2-16H,1H3;2-14H,1H3;4-10H,1-3H3. The first-order chi connectivity index (χ1) is 30.2. The summed E-state index contributed by atoms with van der Waals surface area (Å²) in [5.41, 5.74) is 26.4. The lowest BCUT2D eigenvalue weighted by molar-refractivity contribution is 0.660. The predicted octanol–water partition coefficient (Wildman–Crippen LogP) is 15.7. The van der Waals surface area contributed by atoms with Crippen LogP contribution in [0.5, 0.6) is 0 Å². The highest BCUT2D eigenvalue weighted by molar-refractivity contribution is 5.95. The smallest absolute Gasteiger partial charge is 0.0622 e. The van der Waals surface area contributed by atoms with Crippen molar-refractivity contribution in [3.05, 3.63) is 274 Å². The van der Waals surface area contributed by atoms with E-state index in [0.29, 0.717) is 0 Å². The maximum Gasteiger partial charge on any atom is 0.0725 e. The zero-order valence-corrected chi connectivity index (χ0v) is 36.2. The summed E-state index contributed by atoms with van der Waals surface area (Å²) in [4.78, 5) is 0. The minimum absolute atomic E-state index is 0.0472. The first kappa shape index (κ1) is 37.9. The van der Waals surface area contributed by atoms with Crippen LogP contribution in [0, 0.1) is 13.8 Å². The van der Waals surface area contributed by atoms with Gasteiger partial charge in [0, 0.05) is 10.8 Å². The molecule has 0 aliphatic heterocycles. The summed E-state index contributed by atoms with van der Waals surface area (Å²) in [6, 6.07) is 77.7. The lowest BCUT2D eigenvalue weighted by Crippen LogP contribution is -2.25. The van der Waals surface area contributed by atoms with Crippen molar-refractivity contribution in [1.82, 2.24) is 0 Å². The van der Waals surface area contributed by atoms with Gasteiger partial charge in [-0.25, -0.2) is 0 Å². The second kappa shape index (κ2) is 14.3. The highest BCUT2D eigenvalue weighted by atomic mass is 14.5. The number of rotatable bonds is 1. The largest absolute Gasteiger partial charge is 0.0725 e. The highest BCUT2D eigenvalue weighted by Gasteiger charge is 2.51. The van der Waals surface area contributed by atoms with E-state index < -0.39 is 0 Å². The molecule has 0 bridgehead atoms. The van der Waals surface area contributed by atoms with E-state index in [-0.39, 0.29) is 16.2 Å². The zero-order valence-electron chi connectivity index (χ0n) is 36.2. The third-order valence-corrected chi connectivity index (χ3v) is 14.5. The monoisotopic (exact) mass is 794 g/mol. The number of hydrogen-bond acceptors (Lipinski definition) is 0. The second-order valence-electron chi connectivity index (χ2n) is 18.2. The van der Waals surface area contributed by atoms with Crippen molar-refractivity contribution in [3.8, 4) is 44.5 Å². The summed E-state index contributed by atoms with van der Waals surface area (Å²) in [6.45, 7) is 11.3. The van der Waals surface area contributed by atoms with Gasteiger partial charge in [0.2, 0.25) is 0 Å². The zero-order chi connectivity index (χ0) is 42.2. The minimum Gasteiger partial charge on any atom is -0.0622 e. The van der Waals surface area contributed by atoms with E-state index in [1.807, 2.05) is 0 Å². The van der Waals surface area contributed by atoms with Crippen LogP contribution in [0.4, 0.5) is 0 Å². The van der Waals surface area contributed by atoms with Gasteiger partial charge in [0.05, 0.1) is 5.41 Å². The molecule has 0 atom stereocenters. The quantitative estimate of drug-likeness (QED) is 0.155. The molecule has 0 heteroatoms. The van der Waals surface area contributed by atoms with Crippen LogP contribution >= 0.6 is 0 Å². The molecule has 0 fully saturated rings. The van der Waals surface area contributed by atoms with E-state index >= 15 is 0 Å². The van der Waals surface area contributed by atoms with Gasteiger partial charge in [-0.1, -0.05) is 237 Å². The number of fused-ring (bicyclic) bond motifs is 16. The topological polar surface area (TPSA) is 0 Å². The molecule has 298 valence electrons. The van der Waals surface area contributed by atoms with E-state index in [0.717, 1.165) is 0 Å². The maximum absolute atomic E-state index is 2.40. The van der Waals surface area contributed by atoms with E-state index in [1.165, 1.54) is 106 Å². The van der Waals surface area contributed by atoms with Gasteiger partial charge < -0.3 is 0 Å². The molecule has 62 heavy (non-hydrogen) atoms. The summed E-state index contributed by atoms with van der Waals surface area (Å²) in [7, 11) is 0. The van der Waals surface area contributed by atoms with Crippen molar-refractivity contribution in [2.24, 2.45) is 0 Å². The Bertz CT molecular complexity index is 3090. The van der Waals surface area contributed by atoms with E-state index in [2.05, 4.69) is 247 Å². The van der Waals surface area contributed by atoms with Crippen LogP contribution in [-0.2, 0) is 16.2 Å². The third kappa shape index (κ3) is 5.39. The van der Waals surface area contributed by atoms with Crippen LogP contribution in [0.1, 0.15) is 82.0 Å². The lowest BCUT2D eigenvalue weighted by atomic mass is 9.70. The Kier molecular flexibility index (Phi) is 8.74. The number of benzene rings is 9. The van der Waals surface area contributed by atoms with Crippen molar-refractivity contribution < 1.29 is 0 Å². The first-order valence-electron chi connectivity index (χ1n) is 22.1. The SMILES string of the molecule is CC1(c2ccccc2)c2ccccc2-c2ccccc21.Cc1ccc2c(c1)C(C)(C)c1ccccc1-2.Cc1ccc2c(c1)C1(c3ccccc3-c3ccccc31)c1ccccc1-2. The Balaban J connectivity index is 0.000000108. The van der Waals surface area contributed by atoms with Gasteiger partial charge in [-0.2, -0.15) is 0 Å². The second-order valence-corrected chi connectivity index (χ2v) is 18.2. The summed E-state index contributed by atoms with van der Waals surface area (Å²) in [6.07, 6.45) is 0. The fraction of sp³-hybridized carbons (Fsp3) is 0.129. The van der Waals surface area contributed by atoms with Crippen LogP contribution in [0.2, 0.25) is 0 Å². The first-order valence-corrected chi connectivity index (χ1v) is 22.1. The van der Waals surface area contributed by atoms with Crippen LogP contribution in [0.3, 0.4) is 0 Å². The van der Waals surface area contributed by atoms with Gasteiger partial charge in [-0.15, -0.1) is 0 Å². The lowest BCUT2D eigenvalue weighted by Gasteiger charge is -2.30. The molecule has 0 nitrogen and oxygen atoms in total. The van der Waals surface area contributed by atoms with Crippen LogP contribution in [0.15, 0.2) is 212 Å². The Morgan fingerprint density at radius 2 is 0.565 bits per heavy atom. The predicted molar refractivity (Wildman–Crippen MR) is 260 cm³/mol. The molecule has 0 saturated carbocycles. The maximum atomic E-state index is 2.40. The van der Waals surface area contributed by atoms with Crippen LogP contribution in [0.25, 0.3) is 44.5 Å². The number of hydrogen-bond donors (Lipinski definition) is 0. The molecular formula is C62H50. The molecule has 0 amide bonds. The molecule has 1 spiro atoms. The highest BCUT2D eigenvalue weighted by Crippen LogP contribution is 2.62. The van der Waals surface area contributed by atoms with Crippen molar-refractivity contribution in [1.29, 1.82) is 0 Å². The molecule has 4 aliphatic rings. The molecule has 0 unspecified atom stereocenters. The summed E-state index contributed by atoms with van der Waals surface area (Å²) in [5.74, 6) is 0. The molecule has 0 heterocycles. The molecule has 9 aromatic carbocycles. The van der Waals surface area contributed by atoms with Gasteiger partial charge in [-0.05, 0) is 115 Å². The summed E-state index contributed by atoms with van der Waals surface area (Å²) in [5, 5.41) is 0. The summed E-state index contributed by atoms with van der Waals surface area (Å²) < 4.78 is 0. The van der Waals surface area contributed by atoms with E-state index in [1.54, 1.807) is 0 Å². The Labute approximate surface area is 367 Å². The fourth-order valence-electron chi connectivity index (χ4n) is 11.6. The molecule has 0 N–H and O–H groups in total. The van der Waals surface area contributed by atoms with Gasteiger partial charge >= 0.3 is 0 Å². The Hall–Kier alpha value is -7.02. The molecule has 0 saturated heterocycles. The van der Waals surface area contributed by atoms with Crippen LogP contribution in [-0.4, -0.2) is 0 Å². The molecule has 0 aromatic heterocycles. The third-order valence-electron chi connectivity index (χ3n) is 14.5. The normalized spacial score (nSPS) is 14.9. The Morgan fingerprint density at radius 3 is 1.02 bits per heavy atom. The van der Waals surface area contributed by atoms with Crippen molar-refractivity contribution in [3.63, 3.8) is 0 Å². The molecule has 13 rings (SSSR count). The molecule has 0 radical (unpaired) electrons. The van der Waals surface area contributed by atoms with Crippen LogP contribution < -0.4 is 0 Å². The van der Waals surface area contributed by atoms with Crippen molar-refractivity contribution >= 4 is 0 Å². The minimum atomic E-state index is -0.189. The average Bonchev–Trinajstić information content (AvgIpc) is 3.96. The van der Waals surface area contributed by atoms with E-state index in [9.17, 15) is 0 Å². The van der Waals surface area contributed by atoms with Gasteiger partial charge in [0.15, 0.2) is 0 Å². The molecule has 4 aliphatic carbocycles. The number of aryl methyl sites for hydroxylation is 2. The van der Waals surface area contributed by atoms with Crippen molar-refractivity contribution in [2.45, 2.75) is 50.9 Å². The van der Waals surface area contributed by atoms with E-state index in [4.69, 9.17) is 0 Å². The van der Waals surface area contributed by atoms with Gasteiger partial charge in [0.25, 0.3) is 0 Å². The van der Waals surface area contributed by atoms with Gasteiger partial charge in [-0.3, -0.25) is 0 Å². The van der Waals surface area contributed by atoms with Crippen molar-refractivity contribution in [2.75, 3.05) is 0 Å². The molecular weight excluding hydrogens is 745 g/mol.